The molecule has 0 radical (unpaired) electrons. The summed E-state index contributed by atoms with van der Waals surface area (Å²) in [4.78, 5) is 25.1. The summed E-state index contributed by atoms with van der Waals surface area (Å²) in [5.41, 5.74) is 0.435. The smallest absolute Gasteiger partial charge is 0.256 e. The fourth-order valence-electron chi connectivity index (χ4n) is 2.61. The zero-order valence-corrected chi connectivity index (χ0v) is 13.5. The summed E-state index contributed by atoms with van der Waals surface area (Å²) >= 11 is 0. The lowest BCUT2D eigenvalue weighted by Crippen LogP contribution is -2.31. The maximum atomic E-state index is 13.9. The highest BCUT2D eigenvalue weighted by atomic mass is 35.5. The minimum atomic E-state index is -0.564. The number of amides is 2. The number of hydrogen-bond donors (Lipinski definition) is 2. The molecular weight excluding hydrogens is 309 g/mol. The van der Waals surface area contributed by atoms with Crippen LogP contribution in [0.3, 0.4) is 0 Å². The first-order chi connectivity index (χ1) is 10.0. The third-order valence-corrected chi connectivity index (χ3v) is 3.58. The van der Waals surface area contributed by atoms with Crippen LogP contribution >= 0.6 is 12.4 Å². The molecule has 0 aromatic heterocycles. The lowest BCUT2D eigenvalue weighted by atomic mass is 10.1. The molecule has 1 aliphatic heterocycles. The van der Waals surface area contributed by atoms with Gasteiger partial charge in [-0.3, -0.25) is 9.59 Å². The van der Waals surface area contributed by atoms with Crippen LogP contribution in [0.15, 0.2) is 18.2 Å². The van der Waals surface area contributed by atoms with Gasteiger partial charge in [-0.2, -0.15) is 0 Å². The normalized spacial score (nSPS) is 17.0. The van der Waals surface area contributed by atoms with Crippen LogP contribution in [0.4, 0.5) is 10.1 Å². The van der Waals surface area contributed by atoms with Crippen molar-refractivity contribution in [3.8, 4) is 0 Å². The second-order valence-electron chi connectivity index (χ2n) is 5.34. The number of likely N-dealkylation sites (tertiary alicyclic amines) is 1. The van der Waals surface area contributed by atoms with Gasteiger partial charge in [-0.05, 0) is 44.1 Å². The Kier molecular flexibility index (Phi) is 6.77. The van der Waals surface area contributed by atoms with Crippen LogP contribution in [0.5, 0.6) is 0 Å². The van der Waals surface area contributed by atoms with Crippen LogP contribution in [-0.2, 0) is 4.79 Å². The number of halogens is 2. The van der Waals surface area contributed by atoms with E-state index in [0.29, 0.717) is 24.7 Å². The van der Waals surface area contributed by atoms with Gasteiger partial charge in [-0.15, -0.1) is 12.4 Å². The summed E-state index contributed by atoms with van der Waals surface area (Å²) < 4.78 is 13.9. The average Bonchev–Trinajstić information content (AvgIpc) is 2.89. The Morgan fingerprint density at radius 3 is 2.77 bits per heavy atom. The zero-order valence-electron chi connectivity index (χ0n) is 12.7. The summed E-state index contributed by atoms with van der Waals surface area (Å²) in [5, 5.41) is 5.65. The number of anilines is 1. The van der Waals surface area contributed by atoms with Crippen molar-refractivity contribution in [1.29, 1.82) is 0 Å². The van der Waals surface area contributed by atoms with E-state index in [1.165, 1.54) is 25.1 Å². The highest BCUT2D eigenvalue weighted by molar-refractivity contribution is 5.97. The van der Waals surface area contributed by atoms with Crippen molar-refractivity contribution in [2.24, 2.45) is 5.92 Å². The minimum absolute atomic E-state index is 0. The Balaban J connectivity index is 0.00000242. The second-order valence-corrected chi connectivity index (χ2v) is 5.34. The second kappa shape index (κ2) is 8.10. The van der Waals surface area contributed by atoms with Gasteiger partial charge in [0.05, 0.1) is 5.56 Å². The van der Waals surface area contributed by atoms with Crippen molar-refractivity contribution in [1.82, 2.24) is 10.2 Å². The van der Waals surface area contributed by atoms with E-state index in [0.717, 1.165) is 13.0 Å². The molecule has 0 spiro atoms. The molecule has 2 N–H and O–H groups in total. The summed E-state index contributed by atoms with van der Waals surface area (Å²) in [6, 6.07) is 4.05. The van der Waals surface area contributed by atoms with Crippen LogP contribution < -0.4 is 10.6 Å². The topological polar surface area (TPSA) is 61.4 Å². The molecule has 1 aromatic carbocycles. The fraction of sp³-hybridized carbons (Fsp3) is 0.467. The molecule has 2 amide bonds. The monoisotopic (exact) mass is 329 g/mol. The minimum Gasteiger partial charge on any atom is -0.338 e. The molecule has 5 nitrogen and oxygen atoms in total. The highest BCUT2D eigenvalue weighted by Crippen LogP contribution is 2.21. The van der Waals surface area contributed by atoms with E-state index in [-0.39, 0.29) is 29.8 Å². The number of nitrogens with zero attached hydrogens (tertiary/aromatic N) is 1. The largest absolute Gasteiger partial charge is 0.338 e. The van der Waals surface area contributed by atoms with Crippen LogP contribution in [0.1, 0.15) is 23.7 Å². The third-order valence-electron chi connectivity index (χ3n) is 3.58. The number of nitrogens with one attached hydrogen (secondary N) is 2. The molecule has 0 bridgehead atoms. The molecule has 1 aromatic rings. The lowest BCUT2D eigenvalue weighted by molar-refractivity contribution is -0.114. The third kappa shape index (κ3) is 4.42. The zero-order chi connectivity index (χ0) is 15.4. The molecule has 0 saturated carbocycles. The molecule has 7 heteroatoms. The highest BCUT2D eigenvalue weighted by Gasteiger charge is 2.28. The van der Waals surface area contributed by atoms with Gasteiger partial charge in [0.2, 0.25) is 5.91 Å². The Labute approximate surface area is 135 Å². The molecule has 1 fully saturated rings. The maximum Gasteiger partial charge on any atom is 0.256 e. The quantitative estimate of drug-likeness (QED) is 0.886. The number of carbonyl (C=O) groups is 2. The molecule has 122 valence electrons. The molecule has 2 rings (SSSR count). The van der Waals surface area contributed by atoms with Gasteiger partial charge in [0.1, 0.15) is 5.82 Å². The summed E-state index contributed by atoms with van der Waals surface area (Å²) in [6.07, 6.45) is 0.916. The van der Waals surface area contributed by atoms with Gasteiger partial charge in [0.15, 0.2) is 0 Å². The Bertz CT molecular complexity index is 554. The van der Waals surface area contributed by atoms with E-state index >= 15 is 0 Å². The van der Waals surface area contributed by atoms with Crippen molar-refractivity contribution in [2.75, 3.05) is 32.0 Å². The van der Waals surface area contributed by atoms with Crippen molar-refractivity contribution >= 4 is 29.9 Å². The van der Waals surface area contributed by atoms with Crippen molar-refractivity contribution in [2.45, 2.75) is 13.3 Å². The van der Waals surface area contributed by atoms with E-state index in [4.69, 9.17) is 0 Å². The summed E-state index contributed by atoms with van der Waals surface area (Å²) in [5.74, 6) is -0.736. The summed E-state index contributed by atoms with van der Waals surface area (Å²) in [6.45, 7) is 3.48. The number of rotatable bonds is 4. The van der Waals surface area contributed by atoms with E-state index in [9.17, 15) is 14.0 Å². The Morgan fingerprint density at radius 2 is 2.14 bits per heavy atom. The SMILES string of the molecule is CNCC1CCN(C(=O)c2cc(NC(C)=O)ccc2F)C1.Cl. The van der Waals surface area contributed by atoms with Crippen molar-refractivity contribution < 1.29 is 14.0 Å². The van der Waals surface area contributed by atoms with Crippen molar-refractivity contribution in [3.63, 3.8) is 0 Å². The molecule has 1 heterocycles. The van der Waals surface area contributed by atoms with Crippen molar-refractivity contribution in [3.05, 3.63) is 29.6 Å². The molecule has 22 heavy (non-hydrogen) atoms. The van der Waals surface area contributed by atoms with E-state index in [2.05, 4.69) is 10.6 Å². The Morgan fingerprint density at radius 1 is 1.41 bits per heavy atom. The molecule has 1 saturated heterocycles. The van der Waals surface area contributed by atoms with Gasteiger partial charge >= 0.3 is 0 Å². The standard InChI is InChI=1S/C15H20FN3O2.ClH/c1-10(20)18-12-3-4-14(16)13(7-12)15(21)19-6-5-11(9-19)8-17-2;/h3-4,7,11,17H,5-6,8-9H2,1-2H3,(H,18,20);1H. The van der Waals surface area contributed by atoms with E-state index in [1.807, 2.05) is 7.05 Å². The van der Waals surface area contributed by atoms with E-state index in [1.54, 1.807) is 4.90 Å². The summed E-state index contributed by atoms with van der Waals surface area (Å²) in [7, 11) is 1.88. The maximum absolute atomic E-state index is 13.9. The molecule has 1 aliphatic rings. The number of hydrogen-bond acceptors (Lipinski definition) is 3. The first-order valence-electron chi connectivity index (χ1n) is 7.02. The van der Waals surface area contributed by atoms with Crippen LogP contribution in [-0.4, -0.2) is 43.4 Å². The van der Waals surface area contributed by atoms with Crippen LogP contribution in [0, 0.1) is 11.7 Å². The van der Waals surface area contributed by atoms with Crippen LogP contribution in [0.2, 0.25) is 0 Å². The van der Waals surface area contributed by atoms with Gasteiger partial charge in [-0.1, -0.05) is 0 Å². The number of benzene rings is 1. The average molecular weight is 330 g/mol. The van der Waals surface area contributed by atoms with Gasteiger partial charge in [0, 0.05) is 25.7 Å². The predicted octanol–water partition coefficient (Wildman–Crippen LogP) is 1.89. The first kappa shape index (κ1) is 18.4. The molecule has 1 unspecified atom stereocenters. The fourth-order valence-corrected chi connectivity index (χ4v) is 2.61. The Hall–Kier alpha value is -1.66. The lowest BCUT2D eigenvalue weighted by Gasteiger charge is -2.17. The van der Waals surface area contributed by atoms with Gasteiger partial charge < -0.3 is 15.5 Å². The first-order valence-corrected chi connectivity index (χ1v) is 7.02. The predicted molar refractivity (Wildman–Crippen MR) is 85.9 cm³/mol. The van der Waals surface area contributed by atoms with Gasteiger partial charge in [-0.25, -0.2) is 4.39 Å². The number of carbonyl (C=O) groups excluding carboxylic acids is 2. The van der Waals surface area contributed by atoms with E-state index < -0.39 is 5.82 Å². The molecular formula is C15H21ClFN3O2. The van der Waals surface area contributed by atoms with Gasteiger partial charge in [0.25, 0.3) is 5.91 Å². The van der Waals surface area contributed by atoms with Crippen LogP contribution in [0.25, 0.3) is 0 Å². The molecule has 1 atom stereocenters. The molecule has 0 aliphatic carbocycles.